The third-order valence-electron chi connectivity index (χ3n) is 4.81. The molecule has 1 aliphatic heterocycles. The summed E-state index contributed by atoms with van der Waals surface area (Å²) in [5.41, 5.74) is 1.93. The van der Waals surface area contributed by atoms with Crippen molar-refractivity contribution >= 4 is 5.91 Å². The van der Waals surface area contributed by atoms with Gasteiger partial charge in [-0.25, -0.2) is 0 Å². The van der Waals surface area contributed by atoms with Crippen LogP contribution in [0.2, 0.25) is 0 Å². The van der Waals surface area contributed by atoms with Crippen LogP contribution in [0.15, 0.2) is 0 Å². The van der Waals surface area contributed by atoms with Gasteiger partial charge in [0, 0.05) is 18.9 Å². The number of aliphatic hydroxyl groups is 1. The number of aromatic amines is 1. The molecule has 1 amide bonds. The van der Waals surface area contributed by atoms with Gasteiger partial charge >= 0.3 is 0 Å². The summed E-state index contributed by atoms with van der Waals surface area (Å²) < 4.78 is 0. The Hall–Kier alpha value is -1.43. The quantitative estimate of drug-likeness (QED) is 0.826. The molecule has 0 bridgehead atoms. The summed E-state index contributed by atoms with van der Waals surface area (Å²) in [6, 6.07) is -0.0186. The predicted octanol–water partition coefficient (Wildman–Crippen LogP) is 0.529. The number of nitrogens with one attached hydrogen (secondary N) is 1. The van der Waals surface area contributed by atoms with Crippen molar-refractivity contribution < 1.29 is 9.90 Å². The zero-order valence-corrected chi connectivity index (χ0v) is 11.9. The van der Waals surface area contributed by atoms with Gasteiger partial charge in [0.2, 0.25) is 5.91 Å². The molecule has 1 fully saturated rings. The molecule has 20 heavy (non-hydrogen) atoms. The highest BCUT2D eigenvalue weighted by Crippen LogP contribution is 2.29. The van der Waals surface area contributed by atoms with Gasteiger partial charge in [-0.15, -0.1) is 0 Å². The maximum absolute atomic E-state index is 12.8. The van der Waals surface area contributed by atoms with E-state index in [0.717, 1.165) is 43.6 Å². The molecule has 1 aromatic rings. The number of aromatic nitrogens is 3. The minimum atomic E-state index is -0.0186. The smallest absolute Gasteiger partial charge is 0.226 e. The monoisotopic (exact) mass is 278 g/mol. The van der Waals surface area contributed by atoms with E-state index in [1.807, 2.05) is 4.90 Å². The number of amides is 1. The highest BCUT2D eigenvalue weighted by molar-refractivity contribution is 5.80. The van der Waals surface area contributed by atoms with E-state index < -0.39 is 0 Å². The van der Waals surface area contributed by atoms with Crippen molar-refractivity contribution in [1.82, 2.24) is 20.3 Å². The summed E-state index contributed by atoms with van der Waals surface area (Å²) in [5, 5.41) is 20.5. The van der Waals surface area contributed by atoms with Gasteiger partial charge in [0.05, 0.1) is 24.0 Å². The van der Waals surface area contributed by atoms with Crippen molar-refractivity contribution in [3.8, 4) is 0 Å². The number of likely N-dealkylation sites (tertiary alicyclic amines) is 1. The van der Waals surface area contributed by atoms with Gasteiger partial charge < -0.3 is 10.0 Å². The molecular weight excluding hydrogens is 256 g/mol. The molecule has 3 rings (SSSR count). The Morgan fingerprint density at radius 2 is 2.20 bits per heavy atom. The van der Waals surface area contributed by atoms with Crippen molar-refractivity contribution in [2.24, 2.45) is 11.8 Å². The first kappa shape index (κ1) is 13.5. The van der Waals surface area contributed by atoms with Crippen molar-refractivity contribution in [2.45, 2.75) is 45.1 Å². The summed E-state index contributed by atoms with van der Waals surface area (Å²) in [7, 11) is 0. The van der Waals surface area contributed by atoms with Gasteiger partial charge in [0.15, 0.2) is 0 Å². The van der Waals surface area contributed by atoms with E-state index in [1.165, 1.54) is 0 Å². The first-order valence-corrected chi connectivity index (χ1v) is 7.50. The molecule has 2 heterocycles. The number of hydrogen-bond acceptors (Lipinski definition) is 4. The Morgan fingerprint density at radius 3 is 3.00 bits per heavy atom. The van der Waals surface area contributed by atoms with Gasteiger partial charge in [0.25, 0.3) is 0 Å². The van der Waals surface area contributed by atoms with Gasteiger partial charge in [0.1, 0.15) is 0 Å². The third kappa shape index (κ3) is 2.32. The average Bonchev–Trinajstić information content (AvgIpc) is 2.93. The molecule has 1 saturated heterocycles. The van der Waals surface area contributed by atoms with E-state index >= 15 is 0 Å². The largest absolute Gasteiger partial charge is 0.394 e. The number of hydrogen-bond donors (Lipinski definition) is 2. The molecule has 1 aromatic heterocycles. The van der Waals surface area contributed by atoms with Crippen LogP contribution in [0.5, 0.6) is 0 Å². The summed E-state index contributed by atoms with van der Waals surface area (Å²) in [6.45, 7) is 2.96. The number of piperidine rings is 1. The second kappa shape index (κ2) is 5.52. The van der Waals surface area contributed by atoms with Crippen LogP contribution in [0.3, 0.4) is 0 Å². The number of carbonyl (C=O) groups is 1. The lowest BCUT2D eigenvalue weighted by Gasteiger charge is -2.41. The van der Waals surface area contributed by atoms with E-state index in [2.05, 4.69) is 22.3 Å². The Kier molecular flexibility index (Phi) is 3.74. The standard InChI is InChI=1S/C14H22N4O2/c1-9-3-2-6-18(13(9)8-19)14(20)10-4-5-11-12(7-10)16-17-15-11/h9-10,13,19H,2-8H2,1H3,(H,15,16,17). The lowest BCUT2D eigenvalue weighted by atomic mass is 9.85. The SMILES string of the molecule is CC1CCCN(C(=O)C2CCc3n[nH]nc3C2)C1CO. The molecule has 110 valence electrons. The number of aryl methyl sites for hydroxylation is 1. The van der Waals surface area contributed by atoms with Crippen molar-refractivity contribution in [2.75, 3.05) is 13.2 Å². The predicted molar refractivity (Wildman–Crippen MR) is 72.9 cm³/mol. The number of carbonyl (C=O) groups excluding carboxylic acids is 1. The summed E-state index contributed by atoms with van der Waals surface area (Å²) in [6.07, 6.45) is 4.45. The van der Waals surface area contributed by atoms with Crippen LogP contribution in [-0.2, 0) is 17.6 Å². The highest BCUT2D eigenvalue weighted by Gasteiger charge is 2.36. The van der Waals surface area contributed by atoms with Gasteiger partial charge in [-0.1, -0.05) is 6.92 Å². The average molecular weight is 278 g/mol. The molecule has 2 aliphatic rings. The van der Waals surface area contributed by atoms with Crippen LogP contribution in [0, 0.1) is 11.8 Å². The van der Waals surface area contributed by atoms with Crippen LogP contribution in [-0.4, -0.2) is 50.5 Å². The third-order valence-corrected chi connectivity index (χ3v) is 4.81. The van der Waals surface area contributed by atoms with Crippen LogP contribution in [0.1, 0.15) is 37.6 Å². The fraction of sp³-hybridized carbons (Fsp3) is 0.786. The number of nitrogens with zero attached hydrogens (tertiary/aromatic N) is 3. The van der Waals surface area contributed by atoms with Gasteiger partial charge in [-0.3, -0.25) is 4.79 Å². The number of aliphatic hydroxyl groups excluding tert-OH is 1. The molecule has 3 atom stereocenters. The molecule has 0 aromatic carbocycles. The Labute approximate surface area is 118 Å². The first-order chi connectivity index (χ1) is 9.70. The van der Waals surface area contributed by atoms with Gasteiger partial charge in [-0.2, -0.15) is 15.4 Å². The first-order valence-electron chi connectivity index (χ1n) is 7.50. The lowest BCUT2D eigenvalue weighted by Crippen LogP contribution is -2.52. The Balaban J connectivity index is 1.72. The Morgan fingerprint density at radius 1 is 1.40 bits per heavy atom. The van der Waals surface area contributed by atoms with E-state index in [-0.39, 0.29) is 24.5 Å². The molecule has 6 nitrogen and oxygen atoms in total. The summed E-state index contributed by atoms with van der Waals surface area (Å²) >= 11 is 0. The normalized spacial score (nSPS) is 30.1. The number of rotatable bonds is 2. The zero-order valence-electron chi connectivity index (χ0n) is 11.9. The van der Waals surface area contributed by atoms with Crippen molar-refractivity contribution in [3.63, 3.8) is 0 Å². The Bertz CT molecular complexity index is 487. The molecule has 6 heteroatoms. The molecule has 0 spiro atoms. The molecule has 2 N–H and O–H groups in total. The highest BCUT2D eigenvalue weighted by atomic mass is 16.3. The van der Waals surface area contributed by atoms with E-state index in [1.54, 1.807) is 0 Å². The van der Waals surface area contributed by atoms with Crippen LogP contribution in [0.4, 0.5) is 0 Å². The number of H-pyrrole nitrogens is 1. The maximum atomic E-state index is 12.8. The molecule has 3 unspecified atom stereocenters. The van der Waals surface area contributed by atoms with Crippen molar-refractivity contribution in [3.05, 3.63) is 11.4 Å². The summed E-state index contributed by atoms with van der Waals surface area (Å²) in [5.74, 6) is 0.556. The van der Waals surface area contributed by atoms with Crippen LogP contribution in [0.25, 0.3) is 0 Å². The number of fused-ring (bicyclic) bond motifs is 1. The topological polar surface area (TPSA) is 82.1 Å². The van der Waals surface area contributed by atoms with Gasteiger partial charge in [-0.05, 0) is 31.6 Å². The second-order valence-electron chi connectivity index (χ2n) is 6.06. The molecule has 1 aliphatic carbocycles. The van der Waals surface area contributed by atoms with E-state index in [0.29, 0.717) is 12.3 Å². The molecule has 0 radical (unpaired) electrons. The van der Waals surface area contributed by atoms with Crippen LogP contribution >= 0.6 is 0 Å². The maximum Gasteiger partial charge on any atom is 0.226 e. The van der Waals surface area contributed by atoms with E-state index in [9.17, 15) is 9.90 Å². The van der Waals surface area contributed by atoms with E-state index in [4.69, 9.17) is 0 Å². The second-order valence-corrected chi connectivity index (χ2v) is 6.06. The summed E-state index contributed by atoms with van der Waals surface area (Å²) in [4.78, 5) is 14.7. The fourth-order valence-electron chi connectivity index (χ4n) is 3.53. The van der Waals surface area contributed by atoms with Crippen molar-refractivity contribution in [1.29, 1.82) is 0 Å². The minimum absolute atomic E-state index is 0.00745. The van der Waals surface area contributed by atoms with Crippen LogP contribution < -0.4 is 0 Å². The lowest BCUT2D eigenvalue weighted by molar-refractivity contribution is -0.142. The zero-order chi connectivity index (χ0) is 14.1. The molecule has 0 saturated carbocycles. The molecular formula is C14H22N4O2. The fourth-order valence-corrected chi connectivity index (χ4v) is 3.53. The minimum Gasteiger partial charge on any atom is -0.394 e.